The molecule has 0 fully saturated rings. The molecule has 0 aliphatic carbocycles. The molecule has 0 saturated heterocycles. The SMILES string of the molecule is CSc1ccc(Cl)c(C(=O)NCC(=O)NCc2ccco2)c1. The first-order valence-corrected chi connectivity index (χ1v) is 8.11. The lowest BCUT2D eigenvalue weighted by atomic mass is 10.2. The largest absolute Gasteiger partial charge is 0.467 e. The summed E-state index contributed by atoms with van der Waals surface area (Å²) in [7, 11) is 0. The van der Waals surface area contributed by atoms with Crippen molar-refractivity contribution >= 4 is 35.2 Å². The maximum absolute atomic E-state index is 12.1. The molecule has 7 heteroatoms. The minimum atomic E-state index is -0.381. The number of amides is 2. The van der Waals surface area contributed by atoms with Gasteiger partial charge in [0.05, 0.1) is 29.9 Å². The average Bonchev–Trinajstić information content (AvgIpc) is 3.04. The van der Waals surface area contributed by atoms with E-state index in [1.807, 2.05) is 12.3 Å². The van der Waals surface area contributed by atoms with Crippen LogP contribution < -0.4 is 10.6 Å². The van der Waals surface area contributed by atoms with Crippen molar-refractivity contribution in [3.05, 3.63) is 52.9 Å². The van der Waals surface area contributed by atoms with Crippen molar-refractivity contribution in [2.24, 2.45) is 0 Å². The molecule has 2 amide bonds. The fourth-order valence-electron chi connectivity index (χ4n) is 1.72. The number of nitrogens with one attached hydrogen (secondary N) is 2. The van der Waals surface area contributed by atoms with E-state index in [-0.39, 0.29) is 24.9 Å². The second-order valence-corrected chi connectivity index (χ2v) is 5.67. The van der Waals surface area contributed by atoms with Gasteiger partial charge in [-0.05, 0) is 36.6 Å². The van der Waals surface area contributed by atoms with E-state index in [0.717, 1.165) is 4.90 Å². The van der Waals surface area contributed by atoms with Crippen LogP contribution in [0, 0.1) is 0 Å². The molecule has 5 nitrogen and oxygen atoms in total. The van der Waals surface area contributed by atoms with Gasteiger partial charge < -0.3 is 15.1 Å². The molecule has 1 aromatic carbocycles. The Morgan fingerprint density at radius 3 is 2.77 bits per heavy atom. The molecule has 2 rings (SSSR count). The normalized spacial score (nSPS) is 10.3. The van der Waals surface area contributed by atoms with Crippen LogP contribution in [0.4, 0.5) is 0 Å². The lowest BCUT2D eigenvalue weighted by Gasteiger charge is -2.08. The molecule has 2 N–H and O–H groups in total. The Hall–Kier alpha value is -1.92. The van der Waals surface area contributed by atoms with Crippen LogP contribution >= 0.6 is 23.4 Å². The molecule has 0 radical (unpaired) electrons. The van der Waals surface area contributed by atoms with Crippen LogP contribution in [0.15, 0.2) is 45.9 Å². The Bertz CT molecular complexity index is 659. The number of hydrogen-bond acceptors (Lipinski definition) is 4. The van der Waals surface area contributed by atoms with Crippen LogP contribution in [0.1, 0.15) is 16.1 Å². The summed E-state index contributed by atoms with van der Waals surface area (Å²) in [6.07, 6.45) is 3.44. The van der Waals surface area contributed by atoms with Gasteiger partial charge in [0.2, 0.25) is 5.91 Å². The first kappa shape index (κ1) is 16.5. The van der Waals surface area contributed by atoms with Gasteiger partial charge in [-0.15, -0.1) is 11.8 Å². The third kappa shape index (κ3) is 4.54. The number of rotatable bonds is 6. The summed E-state index contributed by atoms with van der Waals surface area (Å²) in [6, 6.07) is 8.69. The molecular formula is C15H15ClN2O3S. The third-order valence-corrected chi connectivity index (χ3v) is 3.92. The standard InChI is InChI=1S/C15H15ClN2O3S/c1-22-11-4-5-13(16)12(7-11)15(20)18-9-14(19)17-8-10-3-2-6-21-10/h2-7H,8-9H2,1H3,(H,17,19)(H,18,20). The second kappa shape index (κ2) is 7.91. The molecule has 0 atom stereocenters. The lowest BCUT2D eigenvalue weighted by Crippen LogP contribution is -2.36. The highest BCUT2D eigenvalue weighted by molar-refractivity contribution is 7.98. The Kier molecular flexibility index (Phi) is 5.91. The minimum Gasteiger partial charge on any atom is -0.467 e. The van der Waals surface area contributed by atoms with E-state index in [0.29, 0.717) is 16.3 Å². The first-order valence-electron chi connectivity index (χ1n) is 6.51. The van der Waals surface area contributed by atoms with Crippen molar-refractivity contribution in [3.8, 4) is 0 Å². The van der Waals surface area contributed by atoms with Crippen LogP contribution in [0.3, 0.4) is 0 Å². The van der Waals surface area contributed by atoms with E-state index < -0.39 is 0 Å². The molecule has 2 aromatic rings. The maximum atomic E-state index is 12.1. The zero-order valence-corrected chi connectivity index (χ0v) is 13.5. The Balaban J connectivity index is 1.85. The van der Waals surface area contributed by atoms with Crippen LogP contribution in [-0.4, -0.2) is 24.6 Å². The predicted octanol–water partition coefficient (Wildman–Crippen LogP) is 2.70. The van der Waals surface area contributed by atoms with Crippen LogP contribution in [0.5, 0.6) is 0 Å². The Morgan fingerprint density at radius 1 is 1.27 bits per heavy atom. The molecule has 0 aliphatic heterocycles. The van der Waals surface area contributed by atoms with Crippen molar-refractivity contribution in [1.82, 2.24) is 10.6 Å². The van der Waals surface area contributed by atoms with Gasteiger partial charge in [0.25, 0.3) is 5.91 Å². The van der Waals surface area contributed by atoms with Crippen molar-refractivity contribution < 1.29 is 14.0 Å². The molecule has 1 aromatic heterocycles. The van der Waals surface area contributed by atoms with Crippen molar-refractivity contribution in [2.45, 2.75) is 11.4 Å². The topological polar surface area (TPSA) is 71.3 Å². The molecular weight excluding hydrogens is 324 g/mol. The summed E-state index contributed by atoms with van der Waals surface area (Å²) in [5, 5.41) is 5.54. The van der Waals surface area contributed by atoms with E-state index in [1.54, 1.807) is 24.3 Å². The molecule has 22 heavy (non-hydrogen) atoms. The fraction of sp³-hybridized carbons (Fsp3) is 0.200. The highest BCUT2D eigenvalue weighted by atomic mass is 35.5. The monoisotopic (exact) mass is 338 g/mol. The average molecular weight is 339 g/mol. The summed E-state index contributed by atoms with van der Waals surface area (Å²) in [6.45, 7) is 0.157. The molecule has 0 bridgehead atoms. The number of carbonyl (C=O) groups is 2. The van der Waals surface area contributed by atoms with E-state index in [1.165, 1.54) is 18.0 Å². The highest BCUT2D eigenvalue weighted by Gasteiger charge is 2.12. The molecule has 0 unspecified atom stereocenters. The van der Waals surface area contributed by atoms with Crippen LogP contribution in [0.25, 0.3) is 0 Å². The maximum Gasteiger partial charge on any atom is 0.253 e. The predicted molar refractivity (Wildman–Crippen MR) is 86.1 cm³/mol. The fourth-order valence-corrected chi connectivity index (χ4v) is 2.37. The van der Waals surface area contributed by atoms with E-state index in [4.69, 9.17) is 16.0 Å². The van der Waals surface area contributed by atoms with Crippen molar-refractivity contribution in [1.29, 1.82) is 0 Å². The van der Waals surface area contributed by atoms with Gasteiger partial charge >= 0.3 is 0 Å². The van der Waals surface area contributed by atoms with Crippen LogP contribution in [0.2, 0.25) is 5.02 Å². The van der Waals surface area contributed by atoms with Gasteiger partial charge in [0.1, 0.15) is 5.76 Å². The zero-order valence-electron chi connectivity index (χ0n) is 11.9. The summed E-state index contributed by atoms with van der Waals surface area (Å²) < 4.78 is 5.10. The van der Waals surface area contributed by atoms with Gasteiger partial charge in [-0.25, -0.2) is 0 Å². The minimum absolute atomic E-state index is 0.126. The summed E-state index contributed by atoms with van der Waals surface area (Å²) in [4.78, 5) is 24.7. The number of thioether (sulfide) groups is 1. The van der Waals surface area contributed by atoms with Crippen LogP contribution in [-0.2, 0) is 11.3 Å². The Morgan fingerprint density at radius 2 is 2.09 bits per heavy atom. The van der Waals surface area contributed by atoms with Gasteiger partial charge in [-0.2, -0.15) is 0 Å². The molecule has 0 saturated carbocycles. The molecule has 1 heterocycles. The van der Waals surface area contributed by atoms with Crippen molar-refractivity contribution in [3.63, 3.8) is 0 Å². The second-order valence-electron chi connectivity index (χ2n) is 4.38. The van der Waals surface area contributed by atoms with E-state index in [2.05, 4.69) is 10.6 Å². The number of carbonyl (C=O) groups excluding carboxylic acids is 2. The van der Waals surface area contributed by atoms with Gasteiger partial charge in [-0.3, -0.25) is 9.59 Å². The van der Waals surface area contributed by atoms with Gasteiger partial charge in [0.15, 0.2) is 0 Å². The van der Waals surface area contributed by atoms with Gasteiger partial charge in [-0.1, -0.05) is 11.6 Å². The number of hydrogen-bond donors (Lipinski definition) is 2. The zero-order chi connectivity index (χ0) is 15.9. The van der Waals surface area contributed by atoms with Gasteiger partial charge in [0, 0.05) is 4.90 Å². The third-order valence-electron chi connectivity index (χ3n) is 2.87. The summed E-state index contributed by atoms with van der Waals surface area (Å²) in [5.41, 5.74) is 0.354. The lowest BCUT2D eigenvalue weighted by molar-refractivity contribution is -0.120. The number of halogens is 1. The highest BCUT2D eigenvalue weighted by Crippen LogP contribution is 2.22. The van der Waals surface area contributed by atoms with E-state index in [9.17, 15) is 9.59 Å². The smallest absolute Gasteiger partial charge is 0.253 e. The molecule has 0 spiro atoms. The molecule has 0 aliphatic rings. The molecule has 116 valence electrons. The number of benzene rings is 1. The number of furan rings is 1. The quantitative estimate of drug-likeness (QED) is 0.794. The van der Waals surface area contributed by atoms with E-state index >= 15 is 0 Å². The summed E-state index contributed by atoms with van der Waals surface area (Å²) >= 11 is 7.52. The first-order chi connectivity index (χ1) is 10.6. The van der Waals surface area contributed by atoms with Crippen molar-refractivity contribution in [2.75, 3.05) is 12.8 Å². The summed E-state index contributed by atoms with van der Waals surface area (Å²) in [5.74, 6) is -0.0358. The Labute approximate surface area is 137 Å².